The molecule has 1 aromatic heterocycles. The van der Waals surface area contributed by atoms with Crippen LogP contribution in [0.3, 0.4) is 0 Å². The highest BCUT2D eigenvalue weighted by Gasteiger charge is 2.22. The molecule has 0 aromatic carbocycles. The fourth-order valence-electron chi connectivity index (χ4n) is 1.72. The van der Waals surface area contributed by atoms with Gasteiger partial charge in [0.15, 0.2) is 0 Å². The Bertz CT molecular complexity index is 365. The lowest BCUT2D eigenvalue weighted by molar-refractivity contribution is -0.125. The van der Waals surface area contributed by atoms with Gasteiger partial charge < -0.3 is 10.2 Å². The third kappa shape index (κ3) is 4.43. The van der Waals surface area contributed by atoms with Gasteiger partial charge >= 0.3 is 0 Å². The predicted octanol–water partition coefficient (Wildman–Crippen LogP) is 0.362. The average Bonchev–Trinajstić information content (AvgIpc) is 2.29. The van der Waals surface area contributed by atoms with Crippen molar-refractivity contribution in [3.8, 4) is 0 Å². The summed E-state index contributed by atoms with van der Waals surface area (Å²) in [6.07, 6.45) is 3.44. The summed E-state index contributed by atoms with van der Waals surface area (Å²) in [6, 6.07) is 3.48. The predicted molar refractivity (Wildman–Crippen MR) is 72.2 cm³/mol. The van der Waals surface area contributed by atoms with Crippen molar-refractivity contribution in [1.82, 2.24) is 20.1 Å². The van der Waals surface area contributed by atoms with Crippen LogP contribution in [0.25, 0.3) is 0 Å². The first-order valence-electron chi connectivity index (χ1n) is 6.01. The largest absolute Gasteiger partial charge is 0.353 e. The number of nitrogens with zero attached hydrogens (tertiary/aromatic N) is 3. The molecular formula is C13H22N4O. The molecule has 0 radical (unpaired) electrons. The van der Waals surface area contributed by atoms with Crippen molar-refractivity contribution in [3.05, 3.63) is 30.1 Å². The highest BCUT2D eigenvalue weighted by atomic mass is 16.2. The fourth-order valence-corrected chi connectivity index (χ4v) is 1.72. The maximum atomic E-state index is 12.2. The van der Waals surface area contributed by atoms with Crippen LogP contribution < -0.4 is 5.32 Å². The number of hydrogen-bond acceptors (Lipinski definition) is 4. The molecule has 1 aromatic rings. The molecule has 1 atom stereocenters. The highest BCUT2D eigenvalue weighted by molar-refractivity contribution is 5.83. The molecule has 1 N–H and O–H groups in total. The summed E-state index contributed by atoms with van der Waals surface area (Å²) in [5, 5.41) is 2.94. The van der Waals surface area contributed by atoms with Crippen LogP contribution in [0.1, 0.15) is 11.6 Å². The Kier molecular flexibility index (Phi) is 5.74. The van der Waals surface area contributed by atoms with Gasteiger partial charge in [-0.25, -0.2) is 0 Å². The van der Waals surface area contributed by atoms with Crippen molar-refractivity contribution in [2.24, 2.45) is 0 Å². The summed E-state index contributed by atoms with van der Waals surface area (Å²) in [6.45, 7) is 1.48. The molecule has 1 rings (SSSR count). The minimum absolute atomic E-state index is 0.00912. The van der Waals surface area contributed by atoms with Gasteiger partial charge in [-0.05, 0) is 39.8 Å². The van der Waals surface area contributed by atoms with Gasteiger partial charge in [-0.1, -0.05) is 6.07 Å². The van der Waals surface area contributed by atoms with E-state index in [2.05, 4.69) is 10.3 Å². The lowest BCUT2D eigenvalue weighted by atomic mass is 10.1. The van der Waals surface area contributed by atoms with E-state index in [0.717, 1.165) is 12.1 Å². The van der Waals surface area contributed by atoms with Crippen LogP contribution in [0.5, 0.6) is 0 Å². The van der Waals surface area contributed by atoms with E-state index in [4.69, 9.17) is 0 Å². The van der Waals surface area contributed by atoms with Gasteiger partial charge in [-0.2, -0.15) is 0 Å². The topological polar surface area (TPSA) is 48.5 Å². The summed E-state index contributed by atoms with van der Waals surface area (Å²) in [4.78, 5) is 20.2. The van der Waals surface area contributed by atoms with E-state index in [1.165, 1.54) is 0 Å². The molecule has 0 aliphatic rings. The molecule has 0 saturated carbocycles. The maximum absolute atomic E-state index is 12.2. The number of rotatable bonds is 6. The molecule has 1 unspecified atom stereocenters. The Labute approximate surface area is 109 Å². The van der Waals surface area contributed by atoms with Crippen LogP contribution in [0.4, 0.5) is 0 Å². The number of pyridine rings is 1. The first kappa shape index (κ1) is 14.6. The lowest BCUT2D eigenvalue weighted by Crippen LogP contribution is -2.39. The van der Waals surface area contributed by atoms with Gasteiger partial charge in [-0.3, -0.25) is 14.7 Å². The van der Waals surface area contributed by atoms with E-state index in [1.807, 2.05) is 50.1 Å². The van der Waals surface area contributed by atoms with Gasteiger partial charge in [0, 0.05) is 25.5 Å². The molecule has 18 heavy (non-hydrogen) atoms. The monoisotopic (exact) mass is 250 g/mol. The van der Waals surface area contributed by atoms with Crippen LogP contribution in [-0.4, -0.2) is 62.0 Å². The second kappa shape index (κ2) is 7.08. The molecular weight excluding hydrogens is 228 g/mol. The van der Waals surface area contributed by atoms with Crippen molar-refractivity contribution >= 4 is 5.91 Å². The molecule has 5 heteroatoms. The Hall–Kier alpha value is -1.46. The van der Waals surface area contributed by atoms with Gasteiger partial charge in [0.05, 0.1) is 0 Å². The van der Waals surface area contributed by atoms with Crippen molar-refractivity contribution in [2.75, 3.05) is 41.3 Å². The minimum atomic E-state index is -0.291. The quantitative estimate of drug-likeness (QED) is 0.792. The maximum Gasteiger partial charge on any atom is 0.242 e. The number of likely N-dealkylation sites (N-methyl/N-ethyl adjacent to an activating group) is 2. The van der Waals surface area contributed by atoms with Crippen LogP contribution in [0.2, 0.25) is 0 Å². The highest BCUT2D eigenvalue weighted by Crippen LogP contribution is 2.16. The Balaban J connectivity index is 2.65. The van der Waals surface area contributed by atoms with E-state index < -0.39 is 0 Å². The van der Waals surface area contributed by atoms with Crippen LogP contribution in [0.15, 0.2) is 24.5 Å². The van der Waals surface area contributed by atoms with E-state index in [9.17, 15) is 4.79 Å². The zero-order chi connectivity index (χ0) is 13.5. The number of carbonyl (C=O) groups excluding carboxylic acids is 1. The first-order chi connectivity index (χ1) is 8.52. The summed E-state index contributed by atoms with van der Waals surface area (Å²) in [7, 11) is 7.75. The summed E-state index contributed by atoms with van der Waals surface area (Å²) < 4.78 is 0. The van der Waals surface area contributed by atoms with Gasteiger partial charge in [0.2, 0.25) is 5.91 Å². The summed E-state index contributed by atoms with van der Waals surface area (Å²) >= 11 is 0. The normalized spacial score (nSPS) is 12.8. The van der Waals surface area contributed by atoms with Crippen molar-refractivity contribution in [1.29, 1.82) is 0 Å². The summed E-state index contributed by atoms with van der Waals surface area (Å²) in [5.41, 5.74) is 0.907. The molecule has 1 amide bonds. The Morgan fingerprint density at radius 3 is 2.61 bits per heavy atom. The molecule has 1 heterocycles. The molecule has 0 fully saturated rings. The second-order valence-electron chi connectivity index (χ2n) is 4.75. The van der Waals surface area contributed by atoms with Crippen LogP contribution >= 0.6 is 0 Å². The zero-order valence-corrected chi connectivity index (χ0v) is 11.6. The van der Waals surface area contributed by atoms with Crippen molar-refractivity contribution in [3.63, 3.8) is 0 Å². The molecule has 0 bridgehead atoms. The molecule has 0 aliphatic heterocycles. The minimum Gasteiger partial charge on any atom is -0.353 e. The lowest BCUT2D eigenvalue weighted by Gasteiger charge is -2.23. The van der Waals surface area contributed by atoms with E-state index in [1.54, 1.807) is 12.4 Å². The van der Waals surface area contributed by atoms with E-state index in [-0.39, 0.29) is 11.9 Å². The fraction of sp³-hybridized carbons (Fsp3) is 0.538. The van der Waals surface area contributed by atoms with Crippen molar-refractivity contribution in [2.45, 2.75) is 6.04 Å². The third-order valence-corrected chi connectivity index (χ3v) is 2.62. The van der Waals surface area contributed by atoms with Crippen molar-refractivity contribution < 1.29 is 4.79 Å². The van der Waals surface area contributed by atoms with Crippen LogP contribution in [-0.2, 0) is 4.79 Å². The van der Waals surface area contributed by atoms with E-state index >= 15 is 0 Å². The average molecular weight is 250 g/mol. The molecule has 100 valence electrons. The van der Waals surface area contributed by atoms with Crippen LogP contribution in [0, 0.1) is 0 Å². The second-order valence-corrected chi connectivity index (χ2v) is 4.75. The standard InChI is InChI=1S/C13H22N4O/c1-16(2)9-8-15-13(18)12(17(3)4)11-6-5-7-14-10-11/h5-7,10,12H,8-9H2,1-4H3,(H,15,18). The van der Waals surface area contributed by atoms with Gasteiger partial charge in [0.25, 0.3) is 0 Å². The summed E-state index contributed by atoms with van der Waals surface area (Å²) in [5.74, 6) is 0.00912. The molecule has 0 saturated heterocycles. The third-order valence-electron chi connectivity index (χ3n) is 2.62. The number of aromatic nitrogens is 1. The molecule has 0 aliphatic carbocycles. The van der Waals surface area contributed by atoms with Gasteiger partial charge in [-0.15, -0.1) is 0 Å². The Morgan fingerprint density at radius 2 is 2.11 bits per heavy atom. The molecule has 5 nitrogen and oxygen atoms in total. The van der Waals surface area contributed by atoms with E-state index in [0.29, 0.717) is 6.54 Å². The smallest absolute Gasteiger partial charge is 0.242 e. The Morgan fingerprint density at radius 1 is 1.39 bits per heavy atom. The zero-order valence-electron chi connectivity index (χ0n) is 11.6. The number of carbonyl (C=O) groups is 1. The van der Waals surface area contributed by atoms with Gasteiger partial charge in [0.1, 0.15) is 6.04 Å². The number of nitrogens with one attached hydrogen (secondary N) is 1. The number of amides is 1. The first-order valence-corrected chi connectivity index (χ1v) is 6.01. The molecule has 0 spiro atoms. The number of hydrogen-bond donors (Lipinski definition) is 1. The SMILES string of the molecule is CN(C)CCNC(=O)C(c1cccnc1)N(C)C.